The predicted molar refractivity (Wildman–Crippen MR) is 72.8 cm³/mol. The second kappa shape index (κ2) is 12.1. The first-order valence-corrected chi connectivity index (χ1v) is 5.85. The van der Waals surface area contributed by atoms with E-state index in [4.69, 9.17) is 38.3 Å². The van der Waals surface area contributed by atoms with Gasteiger partial charge in [0, 0.05) is 6.54 Å². The highest BCUT2D eigenvalue weighted by Gasteiger charge is 2.09. The summed E-state index contributed by atoms with van der Waals surface area (Å²) in [7, 11) is 0. The van der Waals surface area contributed by atoms with E-state index in [-0.39, 0.29) is 5.96 Å². The van der Waals surface area contributed by atoms with Gasteiger partial charge in [-0.2, -0.15) is 0 Å². The van der Waals surface area contributed by atoms with E-state index in [1.165, 1.54) is 0 Å². The second-order valence-corrected chi connectivity index (χ2v) is 3.87. The quantitative estimate of drug-likeness (QED) is 0.140. The third-order valence-electron chi connectivity index (χ3n) is 2.05. The molecule has 10 heteroatoms. The average molecular weight is 293 g/mol. The number of carboxylic acid groups (broad SMARTS) is 2. The number of aliphatic imine (C=N–C) groups is 1. The number of hydrogen-bond donors (Lipinski definition) is 7. The molecule has 0 unspecified atom stereocenters. The lowest BCUT2D eigenvalue weighted by molar-refractivity contribution is -0.140. The third-order valence-corrected chi connectivity index (χ3v) is 2.05. The number of carboxylic acids is 2. The Labute approximate surface area is 116 Å². The fourth-order valence-corrected chi connectivity index (χ4v) is 0.886. The molecular formula is C10H23N5O5. The molecule has 118 valence electrons. The first-order chi connectivity index (χ1) is 9.22. The van der Waals surface area contributed by atoms with E-state index in [0.29, 0.717) is 19.4 Å². The van der Waals surface area contributed by atoms with E-state index in [0.717, 1.165) is 6.42 Å². The first-order valence-electron chi connectivity index (χ1n) is 5.85. The van der Waals surface area contributed by atoms with Gasteiger partial charge >= 0.3 is 11.9 Å². The zero-order chi connectivity index (χ0) is 16.1. The molecule has 0 saturated carbocycles. The Kier molecular flexibility index (Phi) is 12.4. The van der Waals surface area contributed by atoms with E-state index in [1.54, 1.807) is 0 Å². The number of hydrogen-bond acceptors (Lipinski definition) is 6. The van der Waals surface area contributed by atoms with Crippen molar-refractivity contribution in [1.29, 1.82) is 0 Å². The smallest absolute Gasteiger partial charge is 0.322 e. The standard InChI is InChI=1S/C7H16N4O2.C3H7NO3/c8-5(6(12)13)3-1-2-4-11-7(9)10;4-2(1-5)3(6)7/h5H,1-4,8H2,(H,12,13)(H4,9,10,11);2,5H,1,4H2,(H,6,7)/t5-;2-/m00/s1. The van der Waals surface area contributed by atoms with Gasteiger partial charge in [-0.25, -0.2) is 0 Å². The number of rotatable bonds is 8. The molecule has 10 nitrogen and oxygen atoms in total. The number of nitrogens with two attached hydrogens (primary N) is 4. The Morgan fingerprint density at radius 1 is 1.00 bits per heavy atom. The molecule has 20 heavy (non-hydrogen) atoms. The zero-order valence-corrected chi connectivity index (χ0v) is 11.1. The second-order valence-electron chi connectivity index (χ2n) is 3.87. The lowest BCUT2D eigenvalue weighted by atomic mass is 10.1. The van der Waals surface area contributed by atoms with Crippen LogP contribution in [0.4, 0.5) is 0 Å². The van der Waals surface area contributed by atoms with Crippen molar-refractivity contribution in [2.75, 3.05) is 13.2 Å². The highest BCUT2D eigenvalue weighted by Crippen LogP contribution is 1.99. The van der Waals surface area contributed by atoms with Gasteiger partial charge in [0.25, 0.3) is 0 Å². The molecule has 0 aromatic heterocycles. The lowest BCUT2D eigenvalue weighted by Crippen LogP contribution is -2.33. The molecule has 0 saturated heterocycles. The van der Waals surface area contributed by atoms with Crippen LogP contribution in [0.5, 0.6) is 0 Å². The van der Waals surface area contributed by atoms with Gasteiger partial charge in [0.05, 0.1) is 6.61 Å². The van der Waals surface area contributed by atoms with Crippen molar-refractivity contribution in [2.45, 2.75) is 31.3 Å². The summed E-state index contributed by atoms with van der Waals surface area (Å²) in [5, 5.41) is 24.3. The van der Waals surface area contributed by atoms with E-state index in [2.05, 4.69) is 4.99 Å². The van der Waals surface area contributed by atoms with Crippen LogP contribution in [0.2, 0.25) is 0 Å². The number of carbonyl (C=O) groups is 2. The molecule has 0 amide bonds. The summed E-state index contributed by atoms with van der Waals surface area (Å²) in [6, 6.07) is -1.90. The van der Waals surface area contributed by atoms with Crippen LogP contribution in [0.15, 0.2) is 4.99 Å². The largest absolute Gasteiger partial charge is 0.480 e. The van der Waals surface area contributed by atoms with Crippen LogP contribution < -0.4 is 22.9 Å². The lowest BCUT2D eigenvalue weighted by Gasteiger charge is -2.04. The van der Waals surface area contributed by atoms with Crippen molar-refractivity contribution in [3.05, 3.63) is 0 Å². The molecule has 0 aromatic rings. The topological polar surface area (TPSA) is 211 Å². The van der Waals surface area contributed by atoms with Crippen LogP contribution in [0.25, 0.3) is 0 Å². The number of aliphatic carboxylic acids is 2. The normalized spacial score (nSPS) is 12.6. The van der Waals surface area contributed by atoms with Crippen LogP contribution in [-0.4, -0.2) is 58.5 Å². The number of aliphatic hydroxyl groups is 1. The molecule has 0 heterocycles. The molecule has 2 atom stereocenters. The summed E-state index contributed by atoms with van der Waals surface area (Å²) in [4.78, 5) is 23.7. The monoisotopic (exact) mass is 293 g/mol. The predicted octanol–water partition coefficient (Wildman–Crippen LogP) is -2.77. The van der Waals surface area contributed by atoms with Crippen molar-refractivity contribution < 1.29 is 24.9 Å². The molecule has 0 spiro atoms. The minimum Gasteiger partial charge on any atom is -0.480 e. The molecule has 0 aliphatic carbocycles. The van der Waals surface area contributed by atoms with Gasteiger partial charge in [-0.05, 0) is 19.3 Å². The molecule has 0 radical (unpaired) electrons. The van der Waals surface area contributed by atoms with Crippen molar-refractivity contribution in [2.24, 2.45) is 27.9 Å². The Morgan fingerprint density at radius 2 is 1.50 bits per heavy atom. The summed E-state index contributed by atoms with van der Waals surface area (Å²) in [5.41, 5.74) is 20.2. The summed E-state index contributed by atoms with van der Waals surface area (Å²) >= 11 is 0. The zero-order valence-electron chi connectivity index (χ0n) is 11.1. The minimum absolute atomic E-state index is 0.0579. The van der Waals surface area contributed by atoms with Gasteiger partial charge in [0.1, 0.15) is 12.1 Å². The third kappa shape index (κ3) is 14.2. The molecule has 11 N–H and O–H groups in total. The number of guanidine groups is 1. The molecule has 0 aliphatic heterocycles. The maximum Gasteiger partial charge on any atom is 0.322 e. The summed E-state index contributed by atoms with van der Waals surface area (Å²) in [5.74, 6) is -2.09. The van der Waals surface area contributed by atoms with Gasteiger partial charge in [0.15, 0.2) is 5.96 Å². The Bertz CT molecular complexity index is 319. The van der Waals surface area contributed by atoms with Gasteiger partial charge in [0.2, 0.25) is 0 Å². The highest BCUT2D eigenvalue weighted by molar-refractivity contribution is 5.75. The van der Waals surface area contributed by atoms with Crippen molar-refractivity contribution >= 4 is 17.9 Å². The number of unbranched alkanes of at least 4 members (excludes halogenated alkanes) is 1. The summed E-state index contributed by atoms with van der Waals surface area (Å²) in [6.45, 7) is 0.0179. The number of nitrogens with zero attached hydrogens (tertiary/aromatic N) is 1. The summed E-state index contributed by atoms with van der Waals surface area (Å²) < 4.78 is 0. The maximum atomic E-state index is 10.3. The van der Waals surface area contributed by atoms with Crippen molar-refractivity contribution in [3.8, 4) is 0 Å². The molecule has 0 fully saturated rings. The fourth-order valence-electron chi connectivity index (χ4n) is 0.886. The van der Waals surface area contributed by atoms with Crippen LogP contribution in [-0.2, 0) is 9.59 Å². The molecule has 0 aliphatic rings. The van der Waals surface area contributed by atoms with E-state index < -0.39 is 30.6 Å². The molecular weight excluding hydrogens is 270 g/mol. The van der Waals surface area contributed by atoms with Crippen LogP contribution in [0.1, 0.15) is 19.3 Å². The SMILES string of the molecule is NC(N)=NCCCC[C@H](N)C(=O)O.N[C@@H](CO)C(=O)O. The Hall–Kier alpha value is -1.91. The van der Waals surface area contributed by atoms with Crippen LogP contribution >= 0.6 is 0 Å². The van der Waals surface area contributed by atoms with Crippen LogP contribution in [0, 0.1) is 0 Å². The van der Waals surface area contributed by atoms with E-state index >= 15 is 0 Å². The van der Waals surface area contributed by atoms with Crippen molar-refractivity contribution in [3.63, 3.8) is 0 Å². The Balaban J connectivity index is 0. The number of aliphatic hydroxyl groups excluding tert-OH is 1. The summed E-state index contributed by atoms with van der Waals surface area (Å²) in [6.07, 6.45) is 1.92. The van der Waals surface area contributed by atoms with Gasteiger partial charge in [-0.15, -0.1) is 0 Å². The van der Waals surface area contributed by atoms with Gasteiger partial charge in [-0.1, -0.05) is 0 Å². The van der Waals surface area contributed by atoms with E-state index in [1.807, 2.05) is 0 Å². The van der Waals surface area contributed by atoms with Gasteiger partial charge in [-0.3, -0.25) is 14.6 Å². The molecule has 0 rings (SSSR count). The van der Waals surface area contributed by atoms with Gasteiger partial charge < -0.3 is 38.3 Å². The molecule has 0 aromatic carbocycles. The maximum absolute atomic E-state index is 10.3. The molecule has 0 bridgehead atoms. The minimum atomic E-state index is -1.18. The Morgan fingerprint density at radius 3 is 1.80 bits per heavy atom. The van der Waals surface area contributed by atoms with Crippen LogP contribution in [0.3, 0.4) is 0 Å². The van der Waals surface area contributed by atoms with E-state index in [9.17, 15) is 9.59 Å². The highest BCUT2D eigenvalue weighted by atomic mass is 16.4. The fraction of sp³-hybridized carbons (Fsp3) is 0.700. The van der Waals surface area contributed by atoms with Crippen molar-refractivity contribution in [1.82, 2.24) is 0 Å². The first kappa shape index (κ1) is 20.4. The average Bonchev–Trinajstić information content (AvgIpc) is 2.37.